The second-order valence-corrected chi connectivity index (χ2v) is 11.1. The number of hydrogen-bond acceptors (Lipinski definition) is 4. The number of nitrogens with zero attached hydrogens (tertiary/aromatic N) is 1. The highest BCUT2D eigenvalue weighted by Gasteiger charge is 2.34. The van der Waals surface area contributed by atoms with Crippen LogP contribution in [0.3, 0.4) is 0 Å². The zero-order valence-electron chi connectivity index (χ0n) is 18.0. The van der Waals surface area contributed by atoms with Crippen LogP contribution in [0, 0.1) is 5.82 Å². The van der Waals surface area contributed by atoms with Crippen LogP contribution in [0.5, 0.6) is 5.75 Å². The van der Waals surface area contributed by atoms with E-state index >= 15 is 0 Å². The van der Waals surface area contributed by atoms with Crippen molar-refractivity contribution in [2.45, 2.75) is 6.61 Å². The third-order valence-corrected chi connectivity index (χ3v) is 7.90. The fourth-order valence-corrected chi connectivity index (χ4v) is 6.50. The van der Waals surface area contributed by atoms with E-state index in [4.69, 9.17) is 17.0 Å². The van der Waals surface area contributed by atoms with Crippen LogP contribution in [-0.2, 0) is 11.4 Å². The van der Waals surface area contributed by atoms with E-state index in [0.29, 0.717) is 21.6 Å². The van der Waals surface area contributed by atoms with Crippen molar-refractivity contribution < 1.29 is 13.9 Å². The highest BCUT2D eigenvalue weighted by Crippen LogP contribution is 2.41. The minimum atomic E-state index is -0.286. The number of anilines is 1. The lowest BCUT2D eigenvalue weighted by Gasteiger charge is -2.17. The summed E-state index contributed by atoms with van der Waals surface area (Å²) in [5.74, 6) is 0.182. The van der Waals surface area contributed by atoms with E-state index in [1.54, 1.807) is 17.0 Å². The number of carbonyl (C=O) groups excluding carboxylic acids is 1. The summed E-state index contributed by atoms with van der Waals surface area (Å²) in [4.78, 5) is 15.5. The number of ether oxygens (including phenoxy) is 1. The van der Waals surface area contributed by atoms with Crippen LogP contribution in [0.4, 0.5) is 10.1 Å². The van der Waals surface area contributed by atoms with Gasteiger partial charge in [0.2, 0.25) is 0 Å². The number of hydrogen-bond donors (Lipinski definition) is 0. The van der Waals surface area contributed by atoms with E-state index < -0.39 is 0 Å². The number of halogens is 3. The molecule has 8 heteroatoms. The monoisotopic (exact) mass is 627 g/mol. The fourth-order valence-electron chi connectivity index (χ4n) is 3.77. The Morgan fingerprint density at radius 3 is 2.40 bits per heavy atom. The summed E-state index contributed by atoms with van der Waals surface area (Å²) < 4.78 is 21.0. The first kappa shape index (κ1) is 24.2. The lowest BCUT2D eigenvalue weighted by molar-refractivity contribution is -0.113. The predicted molar refractivity (Wildman–Crippen MR) is 152 cm³/mol. The van der Waals surface area contributed by atoms with Crippen LogP contribution in [0.25, 0.3) is 16.8 Å². The Bertz CT molecular complexity index is 1480. The maximum atomic E-state index is 13.4. The standard InChI is InChI=1S/C27H16Br2FNO2S2/c28-21-12-17(13-22(29)25(21)33-15-16-8-10-19(30)11-9-16)14-24-26(32)31(27(34)35-24)23-7-3-5-18-4-1-2-6-20(18)23/h1-14H,15H2/b24-14+. The zero-order valence-corrected chi connectivity index (χ0v) is 22.8. The lowest BCUT2D eigenvalue weighted by atomic mass is 10.1. The molecule has 0 spiro atoms. The smallest absolute Gasteiger partial charge is 0.270 e. The number of thiocarbonyl (C=S) groups is 1. The summed E-state index contributed by atoms with van der Waals surface area (Å²) in [5, 5.41) is 2.02. The molecule has 0 N–H and O–H groups in total. The average molecular weight is 629 g/mol. The number of thioether (sulfide) groups is 1. The maximum Gasteiger partial charge on any atom is 0.270 e. The normalized spacial score (nSPS) is 14.8. The molecule has 1 amide bonds. The summed E-state index contributed by atoms with van der Waals surface area (Å²) in [5.41, 5.74) is 2.45. The number of fused-ring (bicyclic) bond motifs is 1. The fraction of sp³-hybridized carbons (Fsp3) is 0.0370. The van der Waals surface area contributed by atoms with Gasteiger partial charge < -0.3 is 4.74 Å². The molecule has 0 aromatic heterocycles. The van der Waals surface area contributed by atoms with Crippen LogP contribution < -0.4 is 9.64 Å². The predicted octanol–water partition coefficient (Wildman–Crippen LogP) is 8.49. The number of rotatable bonds is 5. The Kier molecular flexibility index (Phi) is 7.07. The van der Waals surface area contributed by atoms with E-state index in [-0.39, 0.29) is 11.7 Å². The van der Waals surface area contributed by atoms with Gasteiger partial charge in [-0.05, 0) is 84.8 Å². The first-order valence-corrected chi connectivity index (χ1v) is 13.3. The van der Waals surface area contributed by atoms with Crippen LogP contribution in [0.1, 0.15) is 11.1 Å². The van der Waals surface area contributed by atoms with Crippen LogP contribution >= 0.6 is 55.8 Å². The van der Waals surface area contributed by atoms with E-state index in [1.165, 1.54) is 23.9 Å². The Balaban J connectivity index is 1.40. The SMILES string of the molecule is O=C1/C(=C\c2cc(Br)c(OCc3ccc(F)cc3)c(Br)c2)SC(=S)N1c1cccc2ccccc12. The molecular weight excluding hydrogens is 613 g/mol. The molecule has 0 bridgehead atoms. The van der Waals surface area contributed by atoms with Crippen molar-refractivity contribution in [3.05, 3.63) is 110 Å². The molecule has 0 atom stereocenters. The molecule has 1 aliphatic heterocycles. The highest BCUT2D eigenvalue weighted by atomic mass is 79.9. The Labute approximate surface area is 228 Å². The van der Waals surface area contributed by atoms with Gasteiger partial charge in [-0.3, -0.25) is 9.69 Å². The molecule has 0 radical (unpaired) electrons. The zero-order chi connectivity index (χ0) is 24.5. The first-order valence-electron chi connectivity index (χ1n) is 10.5. The summed E-state index contributed by atoms with van der Waals surface area (Å²) in [6.07, 6.45) is 1.82. The van der Waals surface area contributed by atoms with Gasteiger partial charge in [0, 0.05) is 5.39 Å². The van der Waals surface area contributed by atoms with Gasteiger partial charge in [0.05, 0.1) is 19.5 Å². The first-order chi connectivity index (χ1) is 16.9. The van der Waals surface area contributed by atoms with Crippen molar-refractivity contribution >= 4 is 88.6 Å². The maximum absolute atomic E-state index is 13.4. The summed E-state index contributed by atoms with van der Waals surface area (Å²) in [7, 11) is 0. The van der Waals surface area contributed by atoms with Crippen LogP contribution in [0.15, 0.2) is 92.7 Å². The highest BCUT2D eigenvalue weighted by molar-refractivity contribution is 9.11. The molecule has 4 aromatic carbocycles. The van der Waals surface area contributed by atoms with Crippen molar-refractivity contribution in [2.24, 2.45) is 0 Å². The van der Waals surface area contributed by atoms with Crippen molar-refractivity contribution in [2.75, 3.05) is 4.90 Å². The molecule has 1 saturated heterocycles. The van der Waals surface area contributed by atoms with Gasteiger partial charge >= 0.3 is 0 Å². The molecule has 4 aromatic rings. The Morgan fingerprint density at radius 1 is 0.971 bits per heavy atom. The van der Waals surface area contributed by atoms with E-state index in [0.717, 1.165) is 36.5 Å². The molecule has 1 aliphatic rings. The summed E-state index contributed by atoms with van der Waals surface area (Å²) >= 11 is 14.0. The Hall–Kier alpha value is -2.52. The van der Waals surface area contributed by atoms with Crippen molar-refractivity contribution in [3.63, 3.8) is 0 Å². The molecule has 35 heavy (non-hydrogen) atoms. The molecule has 174 valence electrons. The van der Waals surface area contributed by atoms with Gasteiger partial charge in [0.25, 0.3) is 5.91 Å². The van der Waals surface area contributed by atoms with E-state index in [9.17, 15) is 9.18 Å². The Morgan fingerprint density at radius 2 is 1.66 bits per heavy atom. The number of amides is 1. The molecule has 0 aliphatic carbocycles. The quantitative estimate of drug-likeness (QED) is 0.164. The molecule has 0 unspecified atom stereocenters. The van der Waals surface area contributed by atoms with Gasteiger partial charge in [0.1, 0.15) is 18.2 Å². The summed E-state index contributed by atoms with van der Waals surface area (Å²) in [6.45, 7) is 0.292. The van der Waals surface area contributed by atoms with Gasteiger partial charge in [-0.2, -0.15) is 0 Å². The topological polar surface area (TPSA) is 29.5 Å². The summed E-state index contributed by atoms with van der Waals surface area (Å²) in [6, 6.07) is 23.7. The number of benzene rings is 4. The van der Waals surface area contributed by atoms with Crippen molar-refractivity contribution in [3.8, 4) is 5.75 Å². The van der Waals surface area contributed by atoms with Crippen molar-refractivity contribution in [1.82, 2.24) is 0 Å². The van der Waals surface area contributed by atoms with E-state index in [2.05, 4.69) is 31.9 Å². The van der Waals surface area contributed by atoms with Gasteiger partial charge in [-0.25, -0.2) is 4.39 Å². The molecule has 0 saturated carbocycles. The largest absolute Gasteiger partial charge is 0.487 e. The third-order valence-electron chi connectivity index (χ3n) is 5.42. The van der Waals surface area contributed by atoms with Gasteiger partial charge in [-0.1, -0.05) is 72.5 Å². The minimum absolute atomic E-state index is 0.153. The number of carbonyl (C=O) groups is 1. The minimum Gasteiger partial charge on any atom is -0.487 e. The van der Waals surface area contributed by atoms with Gasteiger partial charge in [0.15, 0.2) is 4.32 Å². The van der Waals surface area contributed by atoms with Crippen molar-refractivity contribution in [1.29, 1.82) is 0 Å². The van der Waals surface area contributed by atoms with Gasteiger partial charge in [-0.15, -0.1) is 0 Å². The van der Waals surface area contributed by atoms with Crippen LogP contribution in [-0.4, -0.2) is 10.2 Å². The molecule has 1 fully saturated rings. The molecular formula is C27H16Br2FNO2S2. The second kappa shape index (κ2) is 10.2. The average Bonchev–Trinajstić information content (AvgIpc) is 3.11. The molecule has 3 nitrogen and oxygen atoms in total. The third kappa shape index (κ3) is 5.07. The lowest BCUT2D eigenvalue weighted by Crippen LogP contribution is -2.27. The molecule has 1 heterocycles. The molecule has 5 rings (SSSR count). The second-order valence-electron chi connectivity index (χ2n) is 7.74. The van der Waals surface area contributed by atoms with E-state index in [1.807, 2.05) is 60.7 Å². The van der Waals surface area contributed by atoms with Crippen LogP contribution in [0.2, 0.25) is 0 Å².